The normalized spacial score (nSPS) is 12.4. The molecule has 0 saturated heterocycles. The molecular formula is C25H20N4O4. The van der Waals surface area contributed by atoms with E-state index in [4.69, 9.17) is 9.47 Å². The summed E-state index contributed by atoms with van der Waals surface area (Å²) >= 11 is 0. The lowest BCUT2D eigenvalue weighted by atomic mass is 10.1. The monoisotopic (exact) mass is 440 g/mol. The molecule has 0 aliphatic carbocycles. The fourth-order valence-corrected chi connectivity index (χ4v) is 3.61. The van der Waals surface area contributed by atoms with Crippen LogP contribution in [0.2, 0.25) is 0 Å². The third kappa shape index (κ3) is 4.45. The quantitative estimate of drug-likeness (QED) is 0.463. The van der Waals surface area contributed by atoms with Gasteiger partial charge in [0.05, 0.1) is 29.9 Å². The van der Waals surface area contributed by atoms with E-state index in [1.165, 1.54) is 10.8 Å². The summed E-state index contributed by atoms with van der Waals surface area (Å²) in [4.78, 5) is 29.6. The first-order chi connectivity index (χ1) is 16.2. The number of hydrogen-bond donors (Lipinski definition) is 1. The Hall–Kier alpha value is -4.46. The predicted molar refractivity (Wildman–Crippen MR) is 123 cm³/mol. The van der Waals surface area contributed by atoms with Crippen LogP contribution in [0.15, 0.2) is 77.7 Å². The molecule has 164 valence electrons. The highest BCUT2D eigenvalue weighted by Gasteiger charge is 2.13. The van der Waals surface area contributed by atoms with Gasteiger partial charge in [0, 0.05) is 17.7 Å². The molecule has 0 saturated carbocycles. The van der Waals surface area contributed by atoms with Crippen LogP contribution in [0.25, 0.3) is 16.8 Å². The second-order valence-electron chi connectivity index (χ2n) is 7.44. The first-order valence-electron chi connectivity index (χ1n) is 10.4. The number of nitrogens with zero attached hydrogens (tertiary/aromatic N) is 3. The number of amides is 1. The number of benzene rings is 2. The Balaban J connectivity index is 1.35. The van der Waals surface area contributed by atoms with Gasteiger partial charge in [-0.3, -0.25) is 14.6 Å². The van der Waals surface area contributed by atoms with Crippen molar-refractivity contribution in [2.75, 3.05) is 6.79 Å². The smallest absolute Gasteiger partial charge is 0.275 e. The second kappa shape index (κ2) is 8.96. The van der Waals surface area contributed by atoms with Crippen LogP contribution in [0, 0.1) is 0 Å². The van der Waals surface area contributed by atoms with Crippen molar-refractivity contribution in [3.8, 4) is 11.5 Å². The first-order valence-corrected chi connectivity index (χ1v) is 10.4. The topological polar surface area (TPSA) is 95.3 Å². The molecule has 0 fully saturated rings. The van der Waals surface area contributed by atoms with E-state index >= 15 is 0 Å². The van der Waals surface area contributed by atoms with E-state index in [-0.39, 0.29) is 31.3 Å². The van der Waals surface area contributed by atoms with Crippen LogP contribution in [0.4, 0.5) is 0 Å². The van der Waals surface area contributed by atoms with Crippen molar-refractivity contribution in [1.82, 2.24) is 20.1 Å². The molecule has 2 aromatic heterocycles. The Morgan fingerprint density at radius 1 is 1.03 bits per heavy atom. The molecule has 33 heavy (non-hydrogen) atoms. The molecule has 0 unspecified atom stereocenters. The van der Waals surface area contributed by atoms with Crippen LogP contribution in [0.5, 0.6) is 11.5 Å². The number of hydrogen-bond acceptors (Lipinski definition) is 6. The zero-order valence-corrected chi connectivity index (χ0v) is 17.6. The fraction of sp³-hybridized carbons (Fsp3) is 0.120. The summed E-state index contributed by atoms with van der Waals surface area (Å²) in [7, 11) is 0. The summed E-state index contributed by atoms with van der Waals surface area (Å²) in [6.07, 6.45) is 4.82. The third-order valence-electron chi connectivity index (χ3n) is 5.24. The van der Waals surface area contributed by atoms with Crippen LogP contribution in [0.3, 0.4) is 0 Å². The summed E-state index contributed by atoms with van der Waals surface area (Å²) < 4.78 is 12.0. The van der Waals surface area contributed by atoms with E-state index in [2.05, 4.69) is 15.4 Å². The van der Waals surface area contributed by atoms with Crippen molar-refractivity contribution in [3.05, 3.63) is 100 Å². The van der Waals surface area contributed by atoms with Gasteiger partial charge in [0.15, 0.2) is 11.5 Å². The largest absolute Gasteiger partial charge is 0.454 e. The van der Waals surface area contributed by atoms with Crippen molar-refractivity contribution in [2.24, 2.45) is 0 Å². The lowest BCUT2D eigenvalue weighted by Gasteiger charge is -2.11. The molecule has 1 aliphatic heterocycles. The maximum absolute atomic E-state index is 12.9. The fourth-order valence-electron chi connectivity index (χ4n) is 3.61. The van der Waals surface area contributed by atoms with Gasteiger partial charge in [-0.05, 0) is 42.0 Å². The standard InChI is InChI=1S/C25H20N4O4/c30-24(11-9-17-8-10-22-23(13-17)33-16-32-22)27-14-21-19-6-1-2-7-20(19)25(31)29(28-21)15-18-5-3-4-12-26-18/h1-13H,14-16H2,(H,27,30)/b11-9+. The summed E-state index contributed by atoms with van der Waals surface area (Å²) in [5, 5.41) is 8.62. The molecule has 0 bridgehead atoms. The molecule has 1 N–H and O–H groups in total. The maximum atomic E-state index is 12.9. The van der Waals surface area contributed by atoms with Crippen molar-refractivity contribution in [1.29, 1.82) is 0 Å². The van der Waals surface area contributed by atoms with E-state index in [9.17, 15) is 9.59 Å². The van der Waals surface area contributed by atoms with E-state index in [1.54, 1.807) is 24.4 Å². The highest BCUT2D eigenvalue weighted by atomic mass is 16.7. The Kier molecular flexibility index (Phi) is 5.55. The molecule has 0 atom stereocenters. The average molecular weight is 440 g/mol. The number of rotatable bonds is 6. The van der Waals surface area contributed by atoms with Crippen LogP contribution >= 0.6 is 0 Å². The Morgan fingerprint density at radius 2 is 1.85 bits per heavy atom. The maximum Gasteiger partial charge on any atom is 0.275 e. The molecule has 5 rings (SSSR count). The van der Waals surface area contributed by atoms with Gasteiger partial charge in [-0.15, -0.1) is 0 Å². The number of aromatic nitrogens is 3. The Bertz CT molecular complexity index is 1410. The van der Waals surface area contributed by atoms with E-state index in [1.807, 2.05) is 48.5 Å². The van der Waals surface area contributed by atoms with Crippen LogP contribution in [-0.2, 0) is 17.9 Å². The van der Waals surface area contributed by atoms with Crippen LogP contribution < -0.4 is 20.3 Å². The number of carbonyl (C=O) groups excluding carboxylic acids is 1. The van der Waals surface area contributed by atoms with Crippen LogP contribution in [0.1, 0.15) is 17.0 Å². The highest BCUT2D eigenvalue weighted by molar-refractivity contribution is 5.92. The summed E-state index contributed by atoms with van der Waals surface area (Å²) in [5.41, 5.74) is 1.95. The SMILES string of the molecule is O=C(/C=C/c1ccc2c(c1)OCO2)NCc1nn(Cc2ccccn2)c(=O)c2ccccc12. The summed E-state index contributed by atoms with van der Waals surface area (Å²) in [5.74, 6) is 1.07. The van der Waals surface area contributed by atoms with Crippen molar-refractivity contribution in [3.63, 3.8) is 0 Å². The van der Waals surface area contributed by atoms with E-state index in [0.29, 0.717) is 28.0 Å². The Labute approximate surface area is 189 Å². The number of carbonyl (C=O) groups is 1. The minimum absolute atomic E-state index is 0.174. The summed E-state index contributed by atoms with van der Waals surface area (Å²) in [6.45, 7) is 0.620. The molecule has 0 spiro atoms. The van der Waals surface area contributed by atoms with Crippen molar-refractivity contribution < 1.29 is 14.3 Å². The minimum Gasteiger partial charge on any atom is -0.454 e. The van der Waals surface area contributed by atoms with Gasteiger partial charge in [-0.2, -0.15) is 5.10 Å². The van der Waals surface area contributed by atoms with Gasteiger partial charge in [-0.1, -0.05) is 30.3 Å². The molecule has 8 heteroatoms. The summed E-state index contributed by atoms with van der Waals surface area (Å²) in [6, 6.07) is 18.2. The zero-order valence-electron chi connectivity index (χ0n) is 17.6. The van der Waals surface area contributed by atoms with Crippen LogP contribution in [-0.4, -0.2) is 27.5 Å². The second-order valence-corrected chi connectivity index (χ2v) is 7.44. The molecule has 1 amide bonds. The van der Waals surface area contributed by atoms with Gasteiger partial charge in [0.1, 0.15) is 0 Å². The van der Waals surface area contributed by atoms with Gasteiger partial charge >= 0.3 is 0 Å². The predicted octanol–water partition coefficient (Wildman–Crippen LogP) is 2.90. The van der Waals surface area contributed by atoms with Gasteiger partial charge < -0.3 is 14.8 Å². The number of fused-ring (bicyclic) bond motifs is 2. The first kappa shape index (κ1) is 20.4. The molecule has 4 aromatic rings. The lowest BCUT2D eigenvalue weighted by molar-refractivity contribution is -0.116. The van der Waals surface area contributed by atoms with Gasteiger partial charge in [0.2, 0.25) is 12.7 Å². The van der Waals surface area contributed by atoms with E-state index < -0.39 is 0 Å². The third-order valence-corrected chi connectivity index (χ3v) is 5.24. The molecule has 2 aromatic carbocycles. The number of nitrogens with one attached hydrogen (secondary N) is 1. The zero-order chi connectivity index (χ0) is 22.6. The van der Waals surface area contributed by atoms with Gasteiger partial charge in [-0.25, -0.2) is 4.68 Å². The number of ether oxygens (including phenoxy) is 2. The molecule has 0 radical (unpaired) electrons. The molecular weight excluding hydrogens is 420 g/mol. The molecule has 8 nitrogen and oxygen atoms in total. The molecule has 1 aliphatic rings. The number of pyridine rings is 1. The highest BCUT2D eigenvalue weighted by Crippen LogP contribution is 2.32. The van der Waals surface area contributed by atoms with Crippen molar-refractivity contribution in [2.45, 2.75) is 13.1 Å². The van der Waals surface area contributed by atoms with Crippen molar-refractivity contribution >= 4 is 22.8 Å². The van der Waals surface area contributed by atoms with Gasteiger partial charge in [0.25, 0.3) is 5.56 Å². The lowest BCUT2D eigenvalue weighted by Crippen LogP contribution is -2.28. The Morgan fingerprint density at radius 3 is 2.70 bits per heavy atom. The average Bonchev–Trinajstić information content (AvgIpc) is 3.32. The molecule has 3 heterocycles. The minimum atomic E-state index is -0.277. The van der Waals surface area contributed by atoms with E-state index in [0.717, 1.165) is 11.3 Å².